The van der Waals surface area contributed by atoms with Gasteiger partial charge >= 0.3 is 0 Å². The summed E-state index contributed by atoms with van der Waals surface area (Å²) in [5, 5.41) is 4.76. The van der Waals surface area contributed by atoms with E-state index in [4.69, 9.17) is 4.42 Å². The Balaban J connectivity index is 1.93. The summed E-state index contributed by atoms with van der Waals surface area (Å²) in [6, 6.07) is 8.26. The number of hydrogen-bond donors (Lipinski definition) is 1. The molecule has 1 aromatic heterocycles. The van der Waals surface area contributed by atoms with Crippen molar-refractivity contribution >= 4 is 11.0 Å². The molecule has 0 spiro atoms. The van der Waals surface area contributed by atoms with Crippen LogP contribution in [-0.4, -0.2) is 6.54 Å². The van der Waals surface area contributed by atoms with Gasteiger partial charge < -0.3 is 9.73 Å². The molecule has 1 aromatic carbocycles. The quantitative estimate of drug-likeness (QED) is 0.769. The van der Waals surface area contributed by atoms with Crippen LogP contribution < -0.4 is 5.32 Å². The van der Waals surface area contributed by atoms with E-state index in [0.717, 1.165) is 30.4 Å². The number of rotatable bonds is 6. The maximum atomic E-state index is 5.75. The lowest BCUT2D eigenvalue weighted by molar-refractivity contribution is 0.522. The van der Waals surface area contributed by atoms with Crippen molar-refractivity contribution in [2.24, 2.45) is 5.92 Å². The van der Waals surface area contributed by atoms with Crippen LogP contribution in [0.15, 0.2) is 28.7 Å². The Hall–Kier alpha value is -1.28. The second kappa shape index (κ2) is 6.05. The fraction of sp³-hybridized carbons (Fsp3) is 0.500. The van der Waals surface area contributed by atoms with E-state index < -0.39 is 0 Å². The van der Waals surface area contributed by atoms with Crippen LogP contribution in [0.4, 0.5) is 0 Å². The Morgan fingerprint density at radius 2 is 2.00 bits per heavy atom. The SMILES string of the molecule is Cc1oc2ccccc2c1CNCCCC(C)C. The molecule has 0 unspecified atom stereocenters. The summed E-state index contributed by atoms with van der Waals surface area (Å²) in [5.41, 5.74) is 2.30. The molecule has 0 aliphatic rings. The maximum Gasteiger partial charge on any atom is 0.134 e. The number of hydrogen-bond acceptors (Lipinski definition) is 2. The maximum absolute atomic E-state index is 5.75. The molecule has 18 heavy (non-hydrogen) atoms. The minimum atomic E-state index is 0.795. The molecule has 2 heteroatoms. The standard InChI is InChI=1S/C16H23NO/c1-12(2)7-6-10-17-11-15-13(3)18-16-9-5-4-8-14(15)16/h4-5,8-9,12,17H,6-7,10-11H2,1-3H3. The van der Waals surface area contributed by atoms with E-state index in [0.29, 0.717) is 0 Å². The highest BCUT2D eigenvalue weighted by atomic mass is 16.3. The summed E-state index contributed by atoms with van der Waals surface area (Å²) in [6.07, 6.45) is 2.53. The van der Waals surface area contributed by atoms with E-state index in [2.05, 4.69) is 31.3 Å². The fourth-order valence-corrected chi connectivity index (χ4v) is 2.29. The molecule has 2 nitrogen and oxygen atoms in total. The van der Waals surface area contributed by atoms with E-state index in [-0.39, 0.29) is 0 Å². The predicted octanol–water partition coefficient (Wildman–Crippen LogP) is 4.27. The van der Waals surface area contributed by atoms with Gasteiger partial charge in [-0.2, -0.15) is 0 Å². The molecule has 0 fully saturated rings. The van der Waals surface area contributed by atoms with Gasteiger partial charge in [-0.15, -0.1) is 0 Å². The zero-order valence-corrected chi connectivity index (χ0v) is 11.6. The normalized spacial score (nSPS) is 11.6. The van der Waals surface area contributed by atoms with Crippen LogP contribution in [0.3, 0.4) is 0 Å². The van der Waals surface area contributed by atoms with Crippen LogP contribution in [0.5, 0.6) is 0 Å². The number of para-hydroxylation sites is 1. The lowest BCUT2D eigenvalue weighted by atomic mass is 10.1. The molecule has 0 aliphatic heterocycles. The van der Waals surface area contributed by atoms with Gasteiger partial charge in [0.15, 0.2) is 0 Å². The molecule has 98 valence electrons. The summed E-state index contributed by atoms with van der Waals surface area (Å²) < 4.78 is 5.75. The van der Waals surface area contributed by atoms with Gasteiger partial charge in [-0.05, 0) is 38.3 Å². The number of furan rings is 1. The van der Waals surface area contributed by atoms with E-state index in [9.17, 15) is 0 Å². The molecule has 1 heterocycles. The van der Waals surface area contributed by atoms with E-state index >= 15 is 0 Å². The van der Waals surface area contributed by atoms with Crippen LogP contribution >= 0.6 is 0 Å². The fourth-order valence-electron chi connectivity index (χ4n) is 2.29. The second-order valence-electron chi connectivity index (χ2n) is 5.35. The van der Waals surface area contributed by atoms with Crippen molar-refractivity contribution in [2.45, 2.75) is 40.2 Å². The molecule has 2 rings (SSSR count). The highest BCUT2D eigenvalue weighted by Gasteiger charge is 2.09. The van der Waals surface area contributed by atoms with E-state index in [1.165, 1.54) is 23.8 Å². The summed E-state index contributed by atoms with van der Waals surface area (Å²) in [7, 11) is 0. The zero-order valence-electron chi connectivity index (χ0n) is 11.6. The Kier molecular flexibility index (Phi) is 4.43. The van der Waals surface area contributed by atoms with Gasteiger partial charge in [0.2, 0.25) is 0 Å². The minimum absolute atomic E-state index is 0.795. The summed E-state index contributed by atoms with van der Waals surface area (Å²) >= 11 is 0. The van der Waals surface area contributed by atoms with Gasteiger partial charge in [-0.25, -0.2) is 0 Å². The third-order valence-electron chi connectivity index (χ3n) is 3.34. The second-order valence-corrected chi connectivity index (χ2v) is 5.35. The number of benzene rings is 1. The summed E-state index contributed by atoms with van der Waals surface area (Å²) in [6.45, 7) is 8.57. The molecule has 0 atom stereocenters. The Morgan fingerprint density at radius 3 is 2.78 bits per heavy atom. The van der Waals surface area contributed by atoms with Gasteiger partial charge in [-0.1, -0.05) is 32.0 Å². The first-order valence-corrected chi connectivity index (χ1v) is 6.86. The molecular formula is C16H23NO. The van der Waals surface area contributed by atoms with Gasteiger partial charge in [0.05, 0.1) is 0 Å². The van der Waals surface area contributed by atoms with Crippen LogP contribution in [0.25, 0.3) is 11.0 Å². The number of fused-ring (bicyclic) bond motifs is 1. The van der Waals surface area contributed by atoms with Crippen molar-refractivity contribution in [3.8, 4) is 0 Å². The molecule has 0 saturated carbocycles. The highest BCUT2D eigenvalue weighted by Crippen LogP contribution is 2.24. The lowest BCUT2D eigenvalue weighted by Gasteiger charge is -2.06. The van der Waals surface area contributed by atoms with Crippen molar-refractivity contribution in [3.05, 3.63) is 35.6 Å². The average molecular weight is 245 g/mol. The van der Waals surface area contributed by atoms with Gasteiger partial charge in [0.1, 0.15) is 11.3 Å². The lowest BCUT2D eigenvalue weighted by Crippen LogP contribution is -2.15. The molecule has 1 N–H and O–H groups in total. The van der Waals surface area contributed by atoms with Crippen LogP contribution in [0.1, 0.15) is 38.0 Å². The van der Waals surface area contributed by atoms with Gasteiger partial charge in [0.25, 0.3) is 0 Å². The van der Waals surface area contributed by atoms with Crippen LogP contribution in [0, 0.1) is 12.8 Å². The Labute approximate surface area is 109 Å². The first-order chi connectivity index (χ1) is 8.68. The molecule has 0 radical (unpaired) electrons. The first-order valence-electron chi connectivity index (χ1n) is 6.86. The molecule has 0 aliphatic carbocycles. The monoisotopic (exact) mass is 245 g/mol. The first kappa shape index (κ1) is 13.2. The molecule has 0 amide bonds. The topological polar surface area (TPSA) is 25.2 Å². The summed E-state index contributed by atoms with van der Waals surface area (Å²) in [5.74, 6) is 1.83. The number of aryl methyl sites for hydroxylation is 1. The van der Waals surface area contributed by atoms with Crippen molar-refractivity contribution < 1.29 is 4.42 Å². The zero-order chi connectivity index (χ0) is 13.0. The third kappa shape index (κ3) is 3.14. The Bertz CT molecular complexity index is 499. The van der Waals surface area contributed by atoms with Crippen LogP contribution in [-0.2, 0) is 6.54 Å². The minimum Gasteiger partial charge on any atom is -0.461 e. The predicted molar refractivity (Wildman–Crippen MR) is 76.7 cm³/mol. The smallest absolute Gasteiger partial charge is 0.134 e. The summed E-state index contributed by atoms with van der Waals surface area (Å²) in [4.78, 5) is 0. The molecule has 0 saturated heterocycles. The number of nitrogens with one attached hydrogen (secondary N) is 1. The molecular weight excluding hydrogens is 222 g/mol. The third-order valence-corrected chi connectivity index (χ3v) is 3.34. The Morgan fingerprint density at radius 1 is 1.22 bits per heavy atom. The van der Waals surface area contributed by atoms with Gasteiger partial charge in [-0.3, -0.25) is 0 Å². The van der Waals surface area contributed by atoms with E-state index in [1.54, 1.807) is 0 Å². The van der Waals surface area contributed by atoms with Gasteiger partial charge in [0, 0.05) is 17.5 Å². The highest BCUT2D eigenvalue weighted by molar-refractivity contribution is 5.82. The van der Waals surface area contributed by atoms with Crippen molar-refractivity contribution in [1.82, 2.24) is 5.32 Å². The van der Waals surface area contributed by atoms with Crippen LogP contribution in [0.2, 0.25) is 0 Å². The largest absolute Gasteiger partial charge is 0.461 e. The van der Waals surface area contributed by atoms with E-state index in [1.807, 2.05) is 19.1 Å². The van der Waals surface area contributed by atoms with Crippen molar-refractivity contribution in [2.75, 3.05) is 6.54 Å². The van der Waals surface area contributed by atoms with Crippen molar-refractivity contribution in [1.29, 1.82) is 0 Å². The van der Waals surface area contributed by atoms with Crippen molar-refractivity contribution in [3.63, 3.8) is 0 Å². The molecule has 0 bridgehead atoms. The average Bonchev–Trinajstić information content (AvgIpc) is 2.65. The molecule has 2 aromatic rings.